The van der Waals surface area contributed by atoms with Gasteiger partial charge in [-0.05, 0) is 30.7 Å². The number of aryl methyl sites for hydroxylation is 2. The van der Waals surface area contributed by atoms with Gasteiger partial charge in [-0.1, -0.05) is 30.3 Å². The Morgan fingerprint density at radius 1 is 0.889 bits per heavy atom. The Hall–Kier alpha value is -3.33. The summed E-state index contributed by atoms with van der Waals surface area (Å²) in [5, 5.41) is 6.25. The van der Waals surface area contributed by atoms with E-state index in [1.54, 1.807) is 7.11 Å². The van der Waals surface area contributed by atoms with Crippen molar-refractivity contribution in [1.82, 2.24) is 4.40 Å². The van der Waals surface area contributed by atoms with Crippen molar-refractivity contribution in [2.45, 2.75) is 6.92 Å². The van der Waals surface area contributed by atoms with Crippen LogP contribution in [0.1, 0.15) is 5.56 Å². The van der Waals surface area contributed by atoms with E-state index >= 15 is 0 Å². The summed E-state index contributed by atoms with van der Waals surface area (Å²) in [6.45, 7) is 2.20. The van der Waals surface area contributed by atoms with Gasteiger partial charge in [0.15, 0.2) is 6.20 Å². The Balaban J connectivity index is 2.16. The van der Waals surface area contributed by atoms with Crippen LogP contribution in [0, 0.1) is 6.92 Å². The lowest BCUT2D eigenvalue weighted by atomic mass is 9.99. The predicted octanol–water partition coefficient (Wildman–Crippen LogP) is 5.13. The van der Waals surface area contributed by atoms with Crippen molar-refractivity contribution in [2.75, 3.05) is 7.11 Å². The molecule has 3 nitrogen and oxygen atoms in total. The van der Waals surface area contributed by atoms with E-state index in [0.717, 1.165) is 5.75 Å². The van der Waals surface area contributed by atoms with Gasteiger partial charge in [0.05, 0.1) is 39.8 Å². The first-order valence-corrected chi connectivity index (χ1v) is 9.23. The second-order valence-corrected chi connectivity index (χ2v) is 7.36. The van der Waals surface area contributed by atoms with Crippen LogP contribution < -0.4 is 9.30 Å². The number of methoxy groups -OCH3 is 1. The van der Waals surface area contributed by atoms with Crippen LogP contribution in [0.5, 0.6) is 5.75 Å². The van der Waals surface area contributed by atoms with Gasteiger partial charge in [0.2, 0.25) is 5.52 Å². The van der Waals surface area contributed by atoms with Gasteiger partial charge in [-0.2, -0.15) is 0 Å². The summed E-state index contributed by atoms with van der Waals surface area (Å²) in [6, 6.07) is 19.6. The molecule has 0 atom stereocenters. The maximum atomic E-state index is 5.84. The molecule has 0 spiro atoms. The van der Waals surface area contributed by atoms with E-state index in [-0.39, 0.29) is 0 Å². The van der Waals surface area contributed by atoms with Crippen LogP contribution in [-0.4, -0.2) is 11.5 Å². The first kappa shape index (κ1) is 14.8. The Morgan fingerprint density at radius 2 is 1.70 bits per heavy atom. The number of rotatable bonds is 1. The highest BCUT2D eigenvalue weighted by atomic mass is 16.5. The molecule has 3 heterocycles. The molecule has 130 valence electrons. The second kappa shape index (κ2) is 4.89. The van der Waals surface area contributed by atoms with Gasteiger partial charge < -0.3 is 9.14 Å². The number of ether oxygens (including phenoxy) is 1. The van der Waals surface area contributed by atoms with E-state index < -0.39 is 0 Å². The first-order valence-electron chi connectivity index (χ1n) is 9.23. The van der Waals surface area contributed by atoms with Crippen molar-refractivity contribution in [3.8, 4) is 5.75 Å². The predicted molar refractivity (Wildman–Crippen MR) is 111 cm³/mol. The summed E-state index contributed by atoms with van der Waals surface area (Å²) >= 11 is 0. The molecule has 6 rings (SSSR count). The second-order valence-electron chi connectivity index (χ2n) is 7.36. The molecule has 0 saturated carbocycles. The van der Waals surface area contributed by atoms with E-state index in [0.29, 0.717) is 0 Å². The number of hydrogen-bond donors (Lipinski definition) is 0. The Morgan fingerprint density at radius 3 is 2.56 bits per heavy atom. The molecule has 0 fully saturated rings. The van der Waals surface area contributed by atoms with Gasteiger partial charge >= 0.3 is 0 Å². The van der Waals surface area contributed by atoms with Crippen molar-refractivity contribution < 1.29 is 9.30 Å². The summed E-state index contributed by atoms with van der Waals surface area (Å²) in [5.74, 6) is 0.934. The Labute approximate surface area is 156 Å². The lowest BCUT2D eigenvalue weighted by Gasteiger charge is -2.13. The molecule has 0 unspecified atom stereocenters. The van der Waals surface area contributed by atoms with Crippen LogP contribution in [-0.2, 0) is 7.05 Å². The van der Waals surface area contributed by atoms with Crippen LogP contribution >= 0.6 is 0 Å². The van der Waals surface area contributed by atoms with Crippen molar-refractivity contribution in [3.05, 3.63) is 66.4 Å². The molecule has 0 amide bonds. The molecule has 0 bridgehead atoms. The Kier molecular flexibility index (Phi) is 2.68. The third kappa shape index (κ3) is 1.65. The van der Waals surface area contributed by atoms with Crippen molar-refractivity contribution >= 4 is 49.0 Å². The number of aromatic nitrogens is 2. The Bertz CT molecular complexity index is 1520. The molecule has 0 aliphatic carbocycles. The molecular formula is C24H19N2O+. The molecule has 0 radical (unpaired) electrons. The number of hydrogen-bond acceptors (Lipinski definition) is 1. The maximum Gasteiger partial charge on any atom is 0.224 e. The third-order valence-corrected chi connectivity index (χ3v) is 5.95. The van der Waals surface area contributed by atoms with Crippen LogP contribution in [0.4, 0.5) is 0 Å². The summed E-state index contributed by atoms with van der Waals surface area (Å²) in [7, 11) is 3.90. The van der Waals surface area contributed by atoms with Gasteiger partial charge in [0.1, 0.15) is 12.8 Å². The number of para-hydroxylation sites is 1. The monoisotopic (exact) mass is 351 g/mol. The van der Waals surface area contributed by atoms with Gasteiger partial charge in [0.25, 0.3) is 0 Å². The molecule has 27 heavy (non-hydrogen) atoms. The quantitative estimate of drug-likeness (QED) is 0.228. The number of pyridine rings is 2. The number of fused-ring (bicyclic) bond motifs is 6. The fourth-order valence-corrected chi connectivity index (χ4v) is 4.83. The minimum absolute atomic E-state index is 0.934. The highest BCUT2D eigenvalue weighted by Crippen LogP contribution is 2.44. The molecule has 3 heteroatoms. The minimum Gasteiger partial charge on any atom is -0.496 e. The summed E-state index contributed by atoms with van der Waals surface area (Å²) < 4.78 is 10.5. The molecule has 0 aliphatic heterocycles. The fourth-order valence-electron chi connectivity index (χ4n) is 4.83. The van der Waals surface area contributed by atoms with Crippen molar-refractivity contribution in [3.63, 3.8) is 0 Å². The van der Waals surface area contributed by atoms with Gasteiger partial charge in [0, 0.05) is 16.8 Å². The van der Waals surface area contributed by atoms with E-state index in [9.17, 15) is 0 Å². The van der Waals surface area contributed by atoms with Crippen LogP contribution in [0.2, 0.25) is 0 Å². The summed E-state index contributed by atoms with van der Waals surface area (Å²) in [4.78, 5) is 0. The highest BCUT2D eigenvalue weighted by molar-refractivity contribution is 6.28. The first-order chi connectivity index (χ1) is 13.2. The molecular weight excluding hydrogens is 332 g/mol. The highest BCUT2D eigenvalue weighted by Gasteiger charge is 2.25. The standard InChI is InChI=1S/C24H19N2O/c1-14-7-6-10-18-20(14)23-21-15(11-12-25(23)2)13-19(27-3)22-16-8-4-5-9-17(16)26(18)24(21)22/h4-13H,1-3H3/q+1. The summed E-state index contributed by atoms with van der Waals surface area (Å²) in [5.41, 5.74) is 6.29. The zero-order valence-electron chi connectivity index (χ0n) is 15.6. The van der Waals surface area contributed by atoms with Crippen LogP contribution in [0.15, 0.2) is 60.8 Å². The summed E-state index contributed by atoms with van der Waals surface area (Å²) in [6.07, 6.45) is 2.15. The van der Waals surface area contributed by atoms with E-state index in [4.69, 9.17) is 4.74 Å². The third-order valence-electron chi connectivity index (χ3n) is 5.95. The van der Waals surface area contributed by atoms with Gasteiger partial charge in [-0.25, -0.2) is 4.57 Å². The number of benzene rings is 3. The number of nitrogens with zero attached hydrogens (tertiary/aromatic N) is 2. The average Bonchev–Trinajstić information content (AvgIpc) is 3.04. The van der Waals surface area contributed by atoms with E-state index in [1.165, 1.54) is 54.6 Å². The fraction of sp³-hybridized carbons (Fsp3) is 0.125. The SMILES string of the molecule is COc1cc2cc[n+](C)c3c4c(C)cccc4n4c5ccccc5c1c4c23. The van der Waals surface area contributed by atoms with E-state index in [2.05, 4.69) is 83.7 Å². The lowest BCUT2D eigenvalue weighted by molar-refractivity contribution is -0.643. The molecule has 0 aliphatic rings. The van der Waals surface area contributed by atoms with Crippen molar-refractivity contribution in [2.24, 2.45) is 7.05 Å². The zero-order valence-corrected chi connectivity index (χ0v) is 15.6. The molecule has 3 aromatic carbocycles. The van der Waals surface area contributed by atoms with Crippen molar-refractivity contribution in [1.29, 1.82) is 0 Å². The van der Waals surface area contributed by atoms with E-state index in [1.807, 2.05) is 0 Å². The normalized spacial score (nSPS) is 12.3. The zero-order chi connectivity index (χ0) is 18.3. The van der Waals surface area contributed by atoms with Crippen LogP contribution in [0.3, 0.4) is 0 Å². The molecule has 0 saturated heterocycles. The topological polar surface area (TPSA) is 17.5 Å². The molecule has 0 N–H and O–H groups in total. The smallest absolute Gasteiger partial charge is 0.224 e. The van der Waals surface area contributed by atoms with Crippen LogP contribution in [0.25, 0.3) is 49.0 Å². The van der Waals surface area contributed by atoms with Gasteiger partial charge in [-0.15, -0.1) is 0 Å². The lowest BCUT2D eigenvalue weighted by Crippen LogP contribution is -2.28. The minimum atomic E-state index is 0.934. The largest absolute Gasteiger partial charge is 0.496 e. The average molecular weight is 351 g/mol. The van der Waals surface area contributed by atoms with Gasteiger partial charge in [-0.3, -0.25) is 0 Å². The molecule has 3 aromatic heterocycles. The maximum absolute atomic E-state index is 5.84. The molecule has 6 aromatic rings.